The number of benzene rings is 5. The number of carbonyl (C=O) groups excluding carboxylic acids is 1. The van der Waals surface area contributed by atoms with Crippen molar-refractivity contribution in [2.24, 2.45) is 0 Å². The molecule has 0 fully saturated rings. The number of esters is 1. The Labute approximate surface area is 280 Å². The zero-order valence-electron chi connectivity index (χ0n) is 26.0. The van der Waals surface area contributed by atoms with Crippen LogP contribution in [-0.2, 0) is 27.5 Å². The summed E-state index contributed by atoms with van der Waals surface area (Å²) >= 11 is 6.16. The van der Waals surface area contributed by atoms with Crippen LogP contribution in [0.25, 0.3) is 0 Å². The maximum absolute atomic E-state index is 13.6. The Morgan fingerprint density at radius 1 is 0.787 bits per heavy atom. The number of halogens is 1. The maximum atomic E-state index is 13.6. The molecule has 9 heteroatoms. The summed E-state index contributed by atoms with van der Waals surface area (Å²) in [5, 5.41) is 11.6. The highest BCUT2D eigenvalue weighted by Crippen LogP contribution is 2.28. The van der Waals surface area contributed by atoms with E-state index in [0.29, 0.717) is 48.1 Å². The zero-order chi connectivity index (χ0) is 33.2. The molecule has 0 aliphatic rings. The van der Waals surface area contributed by atoms with Crippen LogP contribution >= 0.6 is 11.6 Å². The van der Waals surface area contributed by atoms with Gasteiger partial charge >= 0.3 is 5.97 Å². The molecule has 242 valence electrons. The first kappa shape index (κ1) is 33.9. The quantitative estimate of drug-likeness (QED) is 0.120. The van der Waals surface area contributed by atoms with Crippen molar-refractivity contribution >= 4 is 27.4 Å². The highest BCUT2D eigenvalue weighted by molar-refractivity contribution is 7.91. The first-order chi connectivity index (χ1) is 22.7. The highest BCUT2D eigenvalue weighted by Gasteiger charge is 2.20. The van der Waals surface area contributed by atoms with Crippen molar-refractivity contribution < 1.29 is 27.8 Å². The summed E-state index contributed by atoms with van der Waals surface area (Å²) in [4.78, 5) is 14.5. The topological polar surface area (TPSA) is 93.1 Å². The maximum Gasteiger partial charge on any atom is 0.338 e. The van der Waals surface area contributed by atoms with E-state index >= 15 is 0 Å². The van der Waals surface area contributed by atoms with Gasteiger partial charge in [-0.2, -0.15) is 0 Å². The Morgan fingerprint density at radius 2 is 1.49 bits per heavy atom. The molecule has 0 heterocycles. The van der Waals surface area contributed by atoms with Gasteiger partial charge in [-0.3, -0.25) is 4.90 Å². The molecular formula is C38H36ClNO6S. The van der Waals surface area contributed by atoms with Crippen molar-refractivity contribution in [1.29, 1.82) is 0 Å². The van der Waals surface area contributed by atoms with Crippen LogP contribution in [-0.4, -0.2) is 44.1 Å². The lowest BCUT2D eigenvalue weighted by Crippen LogP contribution is -2.30. The monoisotopic (exact) mass is 669 g/mol. The van der Waals surface area contributed by atoms with Crippen LogP contribution in [0.5, 0.6) is 11.5 Å². The third-order valence-electron chi connectivity index (χ3n) is 7.56. The van der Waals surface area contributed by atoms with Gasteiger partial charge in [0.15, 0.2) is 0 Å². The normalized spacial score (nSPS) is 12.1. The molecule has 0 spiro atoms. The average Bonchev–Trinajstić information content (AvgIpc) is 3.08. The van der Waals surface area contributed by atoms with Crippen LogP contribution in [0.1, 0.15) is 40.1 Å². The smallest absolute Gasteiger partial charge is 0.338 e. The molecule has 0 amide bonds. The molecule has 5 rings (SSSR count). The number of hydrogen-bond donors (Lipinski definition) is 1. The molecule has 1 unspecified atom stereocenters. The molecule has 0 aliphatic carbocycles. The summed E-state index contributed by atoms with van der Waals surface area (Å²) in [5.74, 6) is 0.245. The second kappa shape index (κ2) is 15.9. The van der Waals surface area contributed by atoms with Gasteiger partial charge in [-0.1, -0.05) is 78.3 Å². The van der Waals surface area contributed by atoms with E-state index in [1.54, 1.807) is 67.6 Å². The number of hydrogen-bond acceptors (Lipinski definition) is 7. The van der Waals surface area contributed by atoms with Gasteiger partial charge in [0.1, 0.15) is 11.5 Å². The van der Waals surface area contributed by atoms with Gasteiger partial charge in [0.05, 0.1) is 28.1 Å². The molecule has 5 aromatic rings. The van der Waals surface area contributed by atoms with E-state index in [4.69, 9.17) is 21.1 Å². The van der Waals surface area contributed by atoms with Crippen LogP contribution in [0.2, 0.25) is 5.02 Å². The number of aliphatic hydroxyl groups excluding tert-OH is 1. The minimum absolute atomic E-state index is 0.0911. The van der Waals surface area contributed by atoms with Crippen molar-refractivity contribution in [2.45, 2.75) is 35.8 Å². The second-order valence-corrected chi connectivity index (χ2v) is 13.4. The molecule has 0 radical (unpaired) electrons. The molecule has 5 aromatic carbocycles. The Bertz CT molecular complexity index is 1900. The molecule has 1 N–H and O–H groups in total. The van der Waals surface area contributed by atoms with E-state index < -0.39 is 21.9 Å². The number of carbonyl (C=O) groups is 1. The van der Waals surface area contributed by atoms with Gasteiger partial charge in [-0.15, -0.1) is 0 Å². The number of sulfone groups is 1. The molecule has 0 saturated carbocycles. The Morgan fingerprint density at radius 3 is 2.21 bits per heavy atom. The van der Waals surface area contributed by atoms with E-state index in [2.05, 4.69) is 17.0 Å². The highest BCUT2D eigenvalue weighted by atomic mass is 35.5. The first-order valence-electron chi connectivity index (χ1n) is 15.3. The number of nitrogens with zero attached hydrogens (tertiary/aromatic N) is 1. The van der Waals surface area contributed by atoms with E-state index in [1.807, 2.05) is 42.5 Å². The molecular weight excluding hydrogens is 634 g/mol. The van der Waals surface area contributed by atoms with Gasteiger partial charge < -0.3 is 14.6 Å². The molecule has 0 bridgehead atoms. The van der Waals surface area contributed by atoms with E-state index in [9.17, 15) is 18.3 Å². The van der Waals surface area contributed by atoms with Crippen molar-refractivity contribution in [3.8, 4) is 11.5 Å². The summed E-state index contributed by atoms with van der Waals surface area (Å²) in [6, 6.07) is 37.0. The summed E-state index contributed by atoms with van der Waals surface area (Å²) in [5.41, 5.74) is 3.20. The van der Waals surface area contributed by atoms with Crippen molar-refractivity contribution in [1.82, 2.24) is 4.90 Å². The standard InChI is InChI=1S/C38H36ClNO6S/c1-2-45-38(42)31-12-7-14-33(24-31)46-34-15-8-16-36(25-34)47(43,44)35-19-17-28(18-20-35)21-22-40(26-29-9-4-3-5-10-29)27-37(41)30-11-6-13-32(39)23-30/h3-20,23-25,37,41H,2,21-22,26-27H2,1H3. The Balaban J connectivity index is 1.26. The largest absolute Gasteiger partial charge is 0.462 e. The van der Waals surface area contributed by atoms with Gasteiger partial charge in [0.2, 0.25) is 9.84 Å². The average molecular weight is 670 g/mol. The van der Waals surface area contributed by atoms with Gasteiger partial charge in [-0.25, -0.2) is 13.2 Å². The van der Waals surface area contributed by atoms with Crippen LogP contribution in [0.4, 0.5) is 0 Å². The fourth-order valence-corrected chi connectivity index (χ4v) is 6.64. The first-order valence-corrected chi connectivity index (χ1v) is 17.2. The molecule has 47 heavy (non-hydrogen) atoms. The fraction of sp³-hybridized carbons (Fsp3) is 0.184. The van der Waals surface area contributed by atoms with Crippen LogP contribution in [0.15, 0.2) is 137 Å². The molecule has 0 aromatic heterocycles. The third kappa shape index (κ3) is 9.30. The predicted octanol–water partition coefficient (Wildman–Crippen LogP) is 7.92. The van der Waals surface area contributed by atoms with Crippen LogP contribution in [0, 0.1) is 0 Å². The summed E-state index contributed by atoms with van der Waals surface area (Å²) < 4.78 is 38.0. The van der Waals surface area contributed by atoms with Crippen molar-refractivity contribution in [3.05, 3.63) is 155 Å². The Kier molecular flexibility index (Phi) is 11.5. The predicted molar refractivity (Wildman–Crippen MR) is 183 cm³/mol. The summed E-state index contributed by atoms with van der Waals surface area (Å²) in [6.45, 7) is 3.70. The molecule has 0 aliphatic heterocycles. The third-order valence-corrected chi connectivity index (χ3v) is 9.56. The number of ether oxygens (including phenoxy) is 2. The van der Waals surface area contributed by atoms with Gasteiger partial charge in [0, 0.05) is 24.7 Å². The zero-order valence-corrected chi connectivity index (χ0v) is 27.5. The van der Waals surface area contributed by atoms with Crippen molar-refractivity contribution in [3.63, 3.8) is 0 Å². The minimum atomic E-state index is -3.83. The van der Waals surface area contributed by atoms with Crippen LogP contribution in [0.3, 0.4) is 0 Å². The van der Waals surface area contributed by atoms with Crippen LogP contribution < -0.4 is 4.74 Å². The second-order valence-electron chi connectivity index (χ2n) is 11.0. The molecule has 0 saturated heterocycles. The van der Waals surface area contributed by atoms with Gasteiger partial charge in [-0.05, 0) is 90.7 Å². The van der Waals surface area contributed by atoms with E-state index in [-0.39, 0.29) is 16.4 Å². The Hall–Kier alpha value is -4.47. The summed E-state index contributed by atoms with van der Waals surface area (Å²) in [6.07, 6.45) is -0.0601. The van der Waals surface area contributed by atoms with Gasteiger partial charge in [0.25, 0.3) is 0 Å². The lowest BCUT2D eigenvalue weighted by molar-refractivity contribution is 0.0526. The number of aliphatic hydroxyl groups is 1. The van der Waals surface area contributed by atoms with Crippen molar-refractivity contribution in [2.75, 3.05) is 19.7 Å². The lowest BCUT2D eigenvalue weighted by atomic mass is 10.1. The SMILES string of the molecule is CCOC(=O)c1cccc(Oc2cccc(S(=O)(=O)c3ccc(CCN(Cc4ccccc4)CC(O)c4cccc(Cl)c4)cc3)c2)c1. The lowest BCUT2D eigenvalue weighted by Gasteiger charge is -2.25. The molecule has 1 atom stereocenters. The fourth-order valence-electron chi connectivity index (χ4n) is 5.14. The van der Waals surface area contributed by atoms with E-state index in [0.717, 1.165) is 16.7 Å². The number of rotatable bonds is 14. The minimum Gasteiger partial charge on any atom is -0.462 e. The summed E-state index contributed by atoms with van der Waals surface area (Å²) in [7, 11) is -3.83. The van der Waals surface area contributed by atoms with E-state index in [1.165, 1.54) is 12.1 Å². The molecule has 7 nitrogen and oxygen atoms in total.